The third-order valence-corrected chi connectivity index (χ3v) is 3.64. The zero-order valence-corrected chi connectivity index (χ0v) is 7.97. The van der Waals surface area contributed by atoms with Crippen LogP contribution < -0.4 is 0 Å². The summed E-state index contributed by atoms with van der Waals surface area (Å²) in [5.74, 6) is -0.809. The van der Waals surface area contributed by atoms with Crippen LogP contribution in [-0.2, 0) is 4.79 Å². The standard InChI is InChI=1S/C10H16O4/c11-8-3-5-1-6(9(8)12)4-7(2-5)10(13)14/h5-9,11-12H,1-4H2,(H,13,14). The van der Waals surface area contributed by atoms with Gasteiger partial charge in [0.15, 0.2) is 0 Å². The van der Waals surface area contributed by atoms with Crippen molar-refractivity contribution in [3.05, 3.63) is 0 Å². The maximum absolute atomic E-state index is 10.8. The second kappa shape index (κ2) is 3.51. The summed E-state index contributed by atoms with van der Waals surface area (Å²) in [6.07, 6.45) is 1.25. The molecule has 0 aromatic carbocycles. The lowest BCUT2D eigenvalue weighted by atomic mass is 9.66. The molecular formula is C10H16O4. The third kappa shape index (κ3) is 1.64. The zero-order chi connectivity index (χ0) is 10.3. The van der Waals surface area contributed by atoms with Crippen LogP contribution >= 0.6 is 0 Å². The first kappa shape index (κ1) is 9.93. The van der Waals surface area contributed by atoms with E-state index in [1.165, 1.54) is 0 Å². The van der Waals surface area contributed by atoms with E-state index in [2.05, 4.69) is 0 Å². The van der Waals surface area contributed by atoms with Gasteiger partial charge in [-0.25, -0.2) is 0 Å². The van der Waals surface area contributed by atoms with E-state index < -0.39 is 18.2 Å². The Morgan fingerprint density at radius 1 is 1.07 bits per heavy atom. The highest BCUT2D eigenvalue weighted by molar-refractivity contribution is 5.70. The molecule has 80 valence electrons. The average molecular weight is 200 g/mol. The number of carboxylic acids is 1. The first-order chi connectivity index (χ1) is 6.58. The van der Waals surface area contributed by atoms with E-state index in [0.29, 0.717) is 19.3 Å². The second-order valence-corrected chi connectivity index (χ2v) is 4.66. The minimum absolute atomic E-state index is 0.0152. The van der Waals surface area contributed by atoms with Gasteiger partial charge in [0.05, 0.1) is 18.1 Å². The van der Waals surface area contributed by atoms with Gasteiger partial charge in [0.25, 0.3) is 0 Å². The minimum atomic E-state index is -0.761. The van der Waals surface area contributed by atoms with Gasteiger partial charge in [0, 0.05) is 0 Å². The van der Waals surface area contributed by atoms with Crippen LogP contribution in [0.2, 0.25) is 0 Å². The number of aliphatic hydroxyl groups is 2. The molecule has 14 heavy (non-hydrogen) atoms. The molecule has 0 amide bonds. The number of carboxylic acid groups (broad SMARTS) is 1. The zero-order valence-electron chi connectivity index (χ0n) is 7.97. The van der Waals surface area contributed by atoms with Gasteiger partial charge in [0.2, 0.25) is 0 Å². The Morgan fingerprint density at radius 3 is 2.43 bits per heavy atom. The topological polar surface area (TPSA) is 77.8 Å². The van der Waals surface area contributed by atoms with Crippen LogP contribution in [0.25, 0.3) is 0 Å². The molecule has 0 aromatic rings. The second-order valence-electron chi connectivity index (χ2n) is 4.66. The van der Waals surface area contributed by atoms with Gasteiger partial charge in [-0.15, -0.1) is 0 Å². The smallest absolute Gasteiger partial charge is 0.306 e. The highest BCUT2D eigenvalue weighted by atomic mass is 16.4. The lowest BCUT2D eigenvalue weighted by Crippen LogP contribution is -2.46. The molecule has 2 bridgehead atoms. The molecule has 0 radical (unpaired) electrons. The van der Waals surface area contributed by atoms with Gasteiger partial charge in [0.1, 0.15) is 0 Å². The Bertz CT molecular complexity index is 238. The molecular weight excluding hydrogens is 184 g/mol. The maximum Gasteiger partial charge on any atom is 0.306 e. The van der Waals surface area contributed by atoms with E-state index in [1.54, 1.807) is 0 Å². The van der Waals surface area contributed by atoms with Gasteiger partial charge in [-0.2, -0.15) is 0 Å². The molecule has 0 aromatic heterocycles. The van der Waals surface area contributed by atoms with E-state index in [1.807, 2.05) is 0 Å². The van der Waals surface area contributed by atoms with E-state index in [4.69, 9.17) is 5.11 Å². The van der Waals surface area contributed by atoms with Crippen LogP contribution in [0.1, 0.15) is 25.7 Å². The molecule has 2 saturated carbocycles. The normalized spacial score (nSPS) is 47.4. The van der Waals surface area contributed by atoms with Crippen molar-refractivity contribution in [3.63, 3.8) is 0 Å². The molecule has 5 atom stereocenters. The van der Waals surface area contributed by atoms with E-state index in [-0.39, 0.29) is 17.8 Å². The first-order valence-corrected chi connectivity index (χ1v) is 5.17. The van der Waals surface area contributed by atoms with Gasteiger partial charge in [-0.3, -0.25) is 4.79 Å². The fourth-order valence-electron chi connectivity index (χ4n) is 2.95. The summed E-state index contributed by atoms with van der Waals surface area (Å²) >= 11 is 0. The number of hydrogen-bond acceptors (Lipinski definition) is 3. The highest BCUT2D eigenvalue weighted by Crippen LogP contribution is 2.42. The Kier molecular flexibility index (Phi) is 2.49. The minimum Gasteiger partial charge on any atom is -0.481 e. The quantitative estimate of drug-likeness (QED) is 0.566. The summed E-state index contributed by atoms with van der Waals surface area (Å²) in [6.45, 7) is 0. The highest BCUT2D eigenvalue weighted by Gasteiger charge is 2.43. The molecule has 0 spiro atoms. The van der Waals surface area contributed by atoms with Gasteiger partial charge < -0.3 is 15.3 Å². The van der Waals surface area contributed by atoms with Crippen LogP contribution in [0, 0.1) is 17.8 Å². The van der Waals surface area contributed by atoms with Gasteiger partial charge >= 0.3 is 5.97 Å². The molecule has 0 heterocycles. The van der Waals surface area contributed by atoms with Crippen molar-refractivity contribution in [2.45, 2.75) is 37.9 Å². The summed E-state index contributed by atoms with van der Waals surface area (Å²) < 4.78 is 0. The van der Waals surface area contributed by atoms with Crippen molar-refractivity contribution < 1.29 is 20.1 Å². The predicted molar refractivity (Wildman–Crippen MR) is 48.6 cm³/mol. The summed E-state index contributed by atoms with van der Waals surface area (Å²) in [6, 6.07) is 0. The summed E-state index contributed by atoms with van der Waals surface area (Å²) in [7, 11) is 0. The number of rotatable bonds is 1. The molecule has 4 nitrogen and oxygen atoms in total. The lowest BCUT2D eigenvalue weighted by Gasteiger charge is -2.42. The maximum atomic E-state index is 10.8. The molecule has 0 aliphatic heterocycles. The molecule has 4 heteroatoms. The number of aliphatic carboxylic acids is 1. The van der Waals surface area contributed by atoms with Gasteiger partial charge in [-0.1, -0.05) is 0 Å². The molecule has 2 aliphatic carbocycles. The van der Waals surface area contributed by atoms with Crippen LogP contribution in [0.5, 0.6) is 0 Å². The molecule has 2 rings (SSSR count). The summed E-state index contributed by atoms with van der Waals surface area (Å²) in [5, 5.41) is 28.1. The fraction of sp³-hybridized carbons (Fsp3) is 0.900. The van der Waals surface area contributed by atoms with Crippen LogP contribution in [0.4, 0.5) is 0 Å². The fourth-order valence-corrected chi connectivity index (χ4v) is 2.95. The Balaban J connectivity index is 2.08. The number of fused-ring (bicyclic) bond motifs is 2. The average Bonchev–Trinajstić information content (AvgIpc) is 2.14. The molecule has 2 aliphatic rings. The van der Waals surface area contributed by atoms with Crippen LogP contribution in [0.3, 0.4) is 0 Å². The number of aliphatic hydroxyl groups excluding tert-OH is 2. The van der Waals surface area contributed by atoms with Crippen molar-refractivity contribution in [1.29, 1.82) is 0 Å². The number of hydrogen-bond donors (Lipinski definition) is 3. The van der Waals surface area contributed by atoms with Crippen molar-refractivity contribution in [3.8, 4) is 0 Å². The van der Waals surface area contributed by atoms with E-state index >= 15 is 0 Å². The number of carbonyl (C=O) groups is 1. The van der Waals surface area contributed by atoms with Crippen molar-refractivity contribution in [1.82, 2.24) is 0 Å². The SMILES string of the molecule is O=C(O)C1CC2CC(O)C(O)C(C2)C1. The molecule has 2 fully saturated rings. The van der Waals surface area contributed by atoms with E-state index in [9.17, 15) is 15.0 Å². The van der Waals surface area contributed by atoms with Crippen LogP contribution in [-0.4, -0.2) is 33.5 Å². The lowest BCUT2D eigenvalue weighted by molar-refractivity contribution is -0.149. The Morgan fingerprint density at radius 2 is 1.79 bits per heavy atom. The van der Waals surface area contributed by atoms with E-state index in [0.717, 1.165) is 6.42 Å². The molecule has 3 N–H and O–H groups in total. The molecule has 5 unspecified atom stereocenters. The largest absolute Gasteiger partial charge is 0.481 e. The third-order valence-electron chi connectivity index (χ3n) is 3.64. The monoisotopic (exact) mass is 200 g/mol. The predicted octanol–water partition coefficient (Wildman–Crippen LogP) is 0.229. The van der Waals surface area contributed by atoms with Crippen molar-refractivity contribution >= 4 is 5.97 Å². The van der Waals surface area contributed by atoms with Crippen LogP contribution in [0.15, 0.2) is 0 Å². The summed E-state index contributed by atoms with van der Waals surface area (Å²) in [5.41, 5.74) is 0. The Labute approximate surface area is 82.6 Å². The summed E-state index contributed by atoms with van der Waals surface area (Å²) in [4.78, 5) is 10.8. The van der Waals surface area contributed by atoms with Crippen molar-refractivity contribution in [2.75, 3.05) is 0 Å². The van der Waals surface area contributed by atoms with Gasteiger partial charge in [-0.05, 0) is 37.5 Å². The van der Waals surface area contributed by atoms with Crippen molar-refractivity contribution in [2.24, 2.45) is 17.8 Å². The molecule has 0 saturated heterocycles. The Hall–Kier alpha value is -0.610. The first-order valence-electron chi connectivity index (χ1n) is 5.17.